The van der Waals surface area contributed by atoms with Crippen LogP contribution >= 0.6 is 0 Å². The summed E-state index contributed by atoms with van der Waals surface area (Å²) in [6, 6.07) is -0.734. The number of carboxylic acids is 4. The van der Waals surface area contributed by atoms with E-state index < -0.39 is 43.0 Å². The van der Waals surface area contributed by atoms with Gasteiger partial charge in [0.1, 0.15) is 0 Å². The molecule has 228 valence electrons. The first-order chi connectivity index (χ1) is 18.9. The lowest BCUT2D eigenvalue weighted by atomic mass is 9.83. The molecule has 0 radical (unpaired) electrons. The lowest BCUT2D eigenvalue weighted by Gasteiger charge is -2.36. The Kier molecular flexibility index (Phi) is 14.2. The highest BCUT2D eigenvalue weighted by atomic mass is 16.6. The molecule has 40 heavy (non-hydrogen) atoms. The van der Waals surface area contributed by atoms with Gasteiger partial charge in [-0.15, -0.1) is 0 Å². The van der Waals surface area contributed by atoms with Crippen molar-refractivity contribution in [2.45, 2.75) is 57.0 Å². The molecule has 1 atom stereocenters. The lowest BCUT2D eigenvalue weighted by Crippen LogP contribution is -2.50. The second-order valence-corrected chi connectivity index (χ2v) is 10.9. The third kappa shape index (κ3) is 13.0. The summed E-state index contributed by atoms with van der Waals surface area (Å²) >= 11 is 0. The van der Waals surface area contributed by atoms with E-state index in [9.17, 15) is 49.7 Å². The van der Waals surface area contributed by atoms with Gasteiger partial charge >= 0.3 is 23.9 Å². The Balaban J connectivity index is 2.17. The molecule has 2 rings (SSSR count). The largest absolute Gasteiger partial charge is 0.480 e. The summed E-state index contributed by atoms with van der Waals surface area (Å²) < 4.78 is 0. The molecule has 1 aliphatic carbocycles. The van der Waals surface area contributed by atoms with E-state index in [-0.39, 0.29) is 30.6 Å². The maximum absolute atomic E-state index is 11.5. The van der Waals surface area contributed by atoms with Gasteiger partial charge in [0.25, 0.3) is 0 Å². The van der Waals surface area contributed by atoms with Crippen molar-refractivity contribution in [2.24, 2.45) is 5.92 Å². The summed E-state index contributed by atoms with van der Waals surface area (Å²) in [7, 11) is 0. The van der Waals surface area contributed by atoms with E-state index in [2.05, 4.69) is 4.90 Å². The predicted octanol–water partition coefficient (Wildman–Crippen LogP) is -0.0792. The van der Waals surface area contributed by atoms with Gasteiger partial charge in [-0.1, -0.05) is 12.8 Å². The van der Waals surface area contributed by atoms with Crippen LogP contribution in [0, 0.1) is 16.0 Å². The first-order valence-electron chi connectivity index (χ1n) is 13.8. The first kappa shape index (κ1) is 33.3. The van der Waals surface area contributed by atoms with Gasteiger partial charge in [0, 0.05) is 69.6 Å². The fraction of sp³-hybridized carbons (Fsp3) is 0.840. The van der Waals surface area contributed by atoms with Crippen LogP contribution in [0.25, 0.3) is 0 Å². The Bertz CT molecular complexity index is 823. The zero-order valence-corrected chi connectivity index (χ0v) is 22.9. The van der Waals surface area contributed by atoms with E-state index in [0.717, 1.165) is 25.7 Å². The van der Waals surface area contributed by atoms with Crippen molar-refractivity contribution in [3.63, 3.8) is 0 Å². The summed E-state index contributed by atoms with van der Waals surface area (Å²) in [5.41, 5.74) is 0. The second-order valence-electron chi connectivity index (χ2n) is 10.9. The van der Waals surface area contributed by atoms with Gasteiger partial charge in [0.15, 0.2) is 0 Å². The van der Waals surface area contributed by atoms with Crippen LogP contribution in [0.15, 0.2) is 0 Å². The Morgan fingerprint density at radius 3 is 1.68 bits per heavy atom. The summed E-state index contributed by atoms with van der Waals surface area (Å²) in [6.45, 7) is 1.39. The van der Waals surface area contributed by atoms with Crippen molar-refractivity contribution in [1.29, 1.82) is 0 Å². The molecule has 15 nitrogen and oxygen atoms in total. The van der Waals surface area contributed by atoms with Gasteiger partial charge in [-0.2, -0.15) is 0 Å². The molecule has 2 fully saturated rings. The molecule has 0 amide bonds. The normalized spacial score (nSPS) is 22.6. The molecule has 0 aromatic carbocycles. The van der Waals surface area contributed by atoms with Crippen molar-refractivity contribution in [3.8, 4) is 0 Å². The standard InChI is InChI=1S/C25H43N5O10/c31-22(32)15-26-8-9-27(16-23(33)34)11-13-29(12-10-26)21(14-28(17-24(35)36)18-25(37)38)3-1-2-19-4-6-20(7-5-19)30(39)40/h19-21H,1-18H2,(H,31,32)(H,33,34)(H,35,36)(H,37,38). The molecule has 0 bridgehead atoms. The van der Waals surface area contributed by atoms with Crippen molar-refractivity contribution in [2.75, 3.05) is 72.0 Å². The molecule has 1 aliphatic heterocycles. The van der Waals surface area contributed by atoms with Crippen molar-refractivity contribution >= 4 is 23.9 Å². The summed E-state index contributed by atoms with van der Waals surface area (Å²) in [4.78, 5) is 63.6. The second kappa shape index (κ2) is 17.0. The van der Waals surface area contributed by atoms with Gasteiger partial charge in [0.2, 0.25) is 6.04 Å². The number of carbonyl (C=O) groups is 4. The predicted molar refractivity (Wildman–Crippen MR) is 142 cm³/mol. The molecule has 1 unspecified atom stereocenters. The molecule has 0 spiro atoms. The minimum absolute atomic E-state index is 0.171. The molecule has 0 aromatic heterocycles. The maximum Gasteiger partial charge on any atom is 0.317 e. The fourth-order valence-corrected chi connectivity index (χ4v) is 5.76. The third-order valence-corrected chi connectivity index (χ3v) is 7.82. The number of carboxylic acid groups (broad SMARTS) is 4. The Morgan fingerprint density at radius 2 is 1.25 bits per heavy atom. The molecular weight excluding hydrogens is 530 g/mol. The van der Waals surface area contributed by atoms with Crippen molar-refractivity contribution in [3.05, 3.63) is 10.1 Å². The number of hydrogen-bond acceptors (Lipinski definition) is 10. The topological polar surface area (TPSA) is 205 Å². The number of aliphatic carboxylic acids is 4. The smallest absolute Gasteiger partial charge is 0.317 e. The average molecular weight is 574 g/mol. The highest BCUT2D eigenvalue weighted by Crippen LogP contribution is 2.30. The van der Waals surface area contributed by atoms with Crippen LogP contribution in [0.1, 0.15) is 44.9 Å². The monoisotopic (exact) mass is 573 g/mol. The number of rotatable bonds is 16. The Hall–Kier alpha value is -2.88. The maximum atomic E-state index is 11.5. The minimum atomic E-state index is -1.15. The van der Waals surface area contributed by atoms with Crippen LogP contribution in [0.4, 0.5) is 0 Å². The zero-order valence-electron chi connectivity index (χ0n) is 22.9. The van der Waals surface area contributed by atoms with Crippen LogP contribution in [0.3, 0.4) is 0 Å². The minimum Gasteiger partial charge on any atom is -0.480 e. The van der Waals surface area contributed by atoms with Gasteiger partial charge in [-0.25, -0.2) is 0 Å². The molecule has 1 heterocycles. The van der Waals surface area contributed by atoms with Gasteiger partial charge in [-0.3, -0.25) is 48.9 Å². The van der Waals surface area contributed by atoms with Crippen molar-refractivity contribution < 1.29 is 44.5 Å². The summed E-state index contributed by atoms with van der Waals surface area (Å²) in [5, 5.41) is 48.5. The van der Waals surface area contributed by atoms with E-state index in [4.69, 9.17) is 0 Å². The lowest BCUT2D eigenvalue weighted by molar-refractivity contribution is -0.527. The number of hydrogen-bond donors (Lipinski definition) is 4. The van der Waals surface area contributed by atoms with Crippen molar-refractivity contribution in [1.82, 2.24) is 19.6 Å². The van der Waals surface area contributed by atoms with Crippen LogP contribution in [-0.4, -0.2) is 153 Å². The van der Waals surface area contributed by atoms with Gasteiger partial charge in [-0.05, 0) is 25.2 Å². The average Bonchev–Trinajstić information content (AvgIpc) is 2.93. The number of nitro groups is 1. The van der Waals surface area contributed by atoms with E-state index in [0.29, 0.717) is 64.4 Å². The number of nitrogens with zero attached hydrogens (tertiary/aromatic N) is 5. The Labute approximate surface area is 233 Å². The van der Waals surface area contributed by atoms with E-state index >= 15 is 0 Å². The van der Waals surface area contributed by atoms with Crippen LogP contribution in [-0.2, 0) is 19.2 Å². The third-order valence-electron chi connectivity index (χ3n) is 7.82. The first-order valence-corrected chi connectivity index (χ1v) is 13.8. The molecule has 15 heteroatoms. The molecular formula is C25H43N5O10. The summed E-state index contributed by atoms with van der Waals surface area (Å²) in [5.74, 6) is -3.92. The van der Waals surface area contributed by atoms with Gasteiger partial charge in [0.05, 0.1) is 26.2 Å². The SMILES string of the molecule is O=C(O)CN1CCN(CC(=O)O)CCN(C(CCCC2CCC([N+](=O)[O-])CC2)CN(CC(=O)O)CC(=O)O)CC1. The van der Waals surface area contributed by atoms with Crippen LogP contribution in [0.2, 0.25) is 0 Å². The quantitative estimate of drug-likeness (QED) is 0.141. The van der Waals surface area contributed by atoms with E-state index in [1.165, 1.54) is 4.90 Å². The summed E-state index contributed by atoms with van der Waals surface area (Å²) in [6.07, 6.45) is 4.90. The van der Waals surface area contributed by atoms with E-state index in [1.807, 2.05) is 0 Å². The van der Waals surface area contributed by atoms with Gasteiger partial charge < -0.3 is 20.4 Å². The molecule has 1 saturated carbocycles. The van der Waals surface area contributed by atoms with Crippen LogP contribution < -0.4 is 0 Å². The van der Waals surface area contributed by atoms with E-state index in [1.54, 1.807) is 9.80 Å². The highest BCUT2D eigenvalue weighted by Gasteiger charge is 2.30. The van der Waals surface area contributed by atoms with Crippen LogP contribution in [0.5, 0.6) is 0 Å². The highest BCUT2D eigenvalue weighted by molar-refractivity contribution is 5.72. The Morgan fingerprint density at radius 1 is 0.775 bits per heavy atom. The zero-order chi connectivity index (χ0) is 29.7. The molecule has 1 saturated heterocycles. The molecule has 2 aliphatic rings. The molecule has 0 aromatic rings. The fourth-order valence-electron chi connectivity index (χ4n) is 5.76. The molecule has 4 N–H and O–H groups in total.